The predicted molar refractivity (Wildman–Crippen MR) is 48.2 cm³/mol. The summed E-state index contributed by atoms with van der Waals surface area (Å²) in [5.74, 6) is -0.0362. The van der Waals surface area contributed by atoms with Crippen LogP contribution in [0.15, 0.2) is 10.7 Å². The van der Waals surface area contributed by atoms with Gasteiger partial charge < -0.3 is 4.74 Å². The number of ether oxygens (including phenoxy) is 1. The Morgan fingerprint density at radius 2 is 2.29 bits per heavy atom. The van der Waals surface area contributed by atoms with Gasteiger partial charge in [-0.1, -0.05) is 0 Å². The summed E-state index contributed by atoms with van der Waals surface area (Å²) in [5, 5.41) is 8.56. The van der Waals surface area contributed by atoms with Gasteiger partial charge in [-0.2, -0.15) is 5.26 Å². The Labute approximate surface area is 87.5 Å². The first-order valence-electron chi connectivity index (χ1n) is 3.52. The van der Waals surface area contributed by atoms with Gasteiger partial charge >= 0.3 is 0 Å². The third kappa shape index (κ3) is 1.82. The summed E-state index contributed by atoms with van der Waals surface area (Å²) in [6.45, 7) is 0. The number of halogens is 3. The molecule has 1 heterocycles. The topological polar surface area (TPSA) is 45.9 Å². The van der Waals surface area contributed by atoms with Gasteiger partial charge in [0.1, 0.15) is 11.8 Å². The first kappa shape index (κ1) is 10.9. The zero-order valence-electron chi connectivity index (χ0n) is 7.09. The number of hydrogen-bond donors (Lipinski definition) is 0. The molecule has 0 N–H and O–H groups in total. The number of aromatic nitrogens is 1. The van der Waals surface area contributed by atoms with Crippen molar-refractivity contribution in [3.63, 3.8) is 0 Å². The minimum atomic E-state index is -2.71. The third-order valence-corrected chi connectivity index (χ3v) is 2.37. The molecule has 74 valence electrons. The zero-order valence-corrected chi connectivity index (χ0v) is 8.68. The SMILES string of the molecule is COc1cnc(C#N)c(Br)c1C(F)F. The average molecular weight is 263 g/mol. The lowest BCUT2D eigenvalue weighted by Crippen LogP contribution is -1.98. The molecule has 0 radical (unpaired) electrons. The zero-order chi connectivity index (χ0) is 10.7. The summed E-state index contributed by atoms with van der Waals surface area (Å²) in [4.78, 5) is 3.64. The van der Waals surface area contributed by atoms with Crippen LogP contribution in [0.3, 0.4) is 0 Å². The molecule has 0 aliphatic carbocycles. The summed E-state index contributed by atoms with van der Waals surface area (Å²) in [7, 11) is 1.27. The molecule has 0 bridgehead atoms. The van der Waals surface area contributed by atoms with Crippen LogP contribution in [0.25, 0.3) is 0 Å². The van der Waals surface area contributed by atoms with E-state index in [0.717, 1.165) is 6.20 Å². The van der Waals surface area contributed by atoms with E-state index in [1.54, 1.807) is 6.07 Å². The first-order chi connectivity index (χ1) is 6.61. The molecule has 0 aliphatic rings. The normalized spacial score (nSPS) is 10.0. The lowest BCUT2D eigenvalue weighted by atomic mass is 10.2. The molecule has 1 rings (SSSR count). The predicted octanol–water partition coefficient (Wildman–Crippen LogP) is 2.66. The maximum Gasteiger partial charge on any atom is 0.268 e. The third-order valence-electron chi connectivity index (χ3n) is 1.56. The smallest absolute Gasteiger partial charge is 0.268 e. The molecule has 0 saturated heterocycles. The highest BCUT2D eigenvalue weighted by Gasteiger charge is 2.21. The first-order valence-corrected chi connectivity index (χ1v) is 4.31. The molecular formula is C8H5BrF2N2O. The molecule has 0 aliphatic heterocycles. The fourth-order valence-corrected chi connectivity index (χ4v) is 1.49. The van der Waals surface area contributed by atoms with Crippen molar-refractivity contribution in [2.75, 3.05) is 7.11 Å². The number of methoxy groups -OCH3 is 1. The van der Waals surface area contributed by atoms with Crippen molar-refractivity contribution in [3.05, 3.63) is 21.9 Å². The lowest BCUT2D eigenvalue weighted by molar-refractivity contribution is 0.146. The van der Waals surface area contributed by atoms with E-state index in [2.05, 4.69) is 20.9 Å². The molecule has 0 spiro atoms. The molecule has 0 aromatic carbocycles. The molecular weight excluding hydrogens is 258 g/mol. The second kappa shape index (κ2) is 4.33. The Morgan fingerprint density at radius 1 is 1.64 bits per heavy atom. The van der Waals surface area contributed by atoms with Gasteiger partial charge in [0.2, 0.25) is 0 Å². The van der Waals surface area contributed by atoms with Crippen molar-refractivity contribution < 1.29 is 13.5 Å². The van der Waals surface area contributed by atoms with Gasteiger partial charge in [-0.05, 0) is 15.9 Å². The van der Waals surface area contributed by atoms with Crippen molar-refractivity contribution >= 4 is 15.9 Å². The van der Waals surface area contributed by atoms with Crippen molar-refractivity contribution in [1.82, 2.24) is 4.98 Å². The minimum absolute atomic E-state index is 0.0191. The van der Waals surface area contributed by atoms with E-state index in [1.165, 1.54) is 7.11 Å². The Morgan fingerprint density at radius 3 is 2.71 bits per heavy atom. The number of hydrogen-bond acceptors (Lipinski definition) is 3. The van der Waals surface area contributed by atoms with Crippen LogP contribution in [0.4, 0.5) is 8.78 Å². The molecule has 0 amide bonds. The highest BCUT2D eigenvalue weighted by Crippen LogP contribution is 2.35. The molecule has 3 nitrogen and oxygen atoms in total. The molecule has 6 heteroatoms. The number of rotatable bonds is 2. The maximum atomic E-state index is 12.5. The van der Waals surface area contributed by atoms with E-state index in [-0.39, 0.29) is 21.5 Å². The van der Waals surface area contributed by atoms with Crippen LogP contribution in [-0.4, -0.2) is 12.1 Å². The Hall–Kier alpha value is -1.22. The van der Waals surface area contributed by atoms with Crippen LogP contribution in [-0.2, 0) is 0 Å². The summed E-state index contributed by atoms with van der Waals surface area (Å²) >= 11 is 2.89. The highest BCUT2D eigenvalue weighted by atomic mass is 79.9. The number of nitriles is 1. The van der Waals surface area contributed by atoms with Crippen molar-refractivity contribution in [3.8, 4) is 11.8 Å². The van der Waals surface area contributed by atoms with E-state index >= 15 is 0 Å². The summed E-state index contributed by atoms with van der Waals surface area (Å²) in [6.07, 6.45) is -1.61. The van der Waals surface area contributed by atoms with Crippen LogP contribution in [0.1, 0.15) is 17.7 Å². The number of alkyl halides is 2. The molecule has 1 aromatic rings. The van der Waals surface area contributed by atoms with Gasteiger partial charge in [-0.25, -0.2) is 13.8 Å². The highest BCUT2D eigenvalue weighted by molar-refractivity contribution is 9.10. The lowest BCUT2D eigenvalue weighted by Gasteiger charge is -2.09. The maximum absolute atomic E-state index is 12.5. The monoisotopic (exact) mass is 262 g/mol. The largest absolute Gasteiger partial charge is 0.495 e. The second-order valence-electron chi connectivity index (χ2n) is 2.32. The summed E-state index contributed by atoms with van der Waals surface area (Å²) < 4.78 is 29.8. The van der Waals surface area contributed by atoms with Gasteiger partial charge in [0.15, 0.2) is 5.69 Å². The van der Waals surface area contributed by atoms with E-state index in [0.29, 0.717) is 0 Å². The number of nitrogens with zero attached hydrogens (tertiary/aromatic N) is 2. The van der Waals surface area contributed by atoms with Gasteiger partial charge in [0, 0.05) is 0 Å². The summed E-state index contributed by atoms with van der Waals surface area (Å²) in [6, 6.07) is 1.69. The Bertz CT molecular complexity index is 390. The summed E-state index contributed by atoms with van der Waals surface area (Å²) in [5.41, 5.74) is -0.430. The quantitative estimate of drug-likeness (QED) is 0.823. The number of pyridine rings is 1. The Kier molecular flexibility index (Phi) is 3.36. The van der Waals surface area contributed by atoms with E-state index in [4.69, 9.17) is 10.00 Å². The van der Waals surface area contributed by atoms with Crippen LogP contribution in [0.5, 0.6) is 5.75 Å². The van der Waals surface area contributed by atoms with Gasteiger partial charge in [0.25, 0.3) is 6.43 Å². The molecule has 0 unspecified atom stereocenters. The van der Waals surface area contributed by atoms with Crippen LogP contribution in [0, 0.1) is 11.3 Å². The second-order valence-corrected chi connectivity index (χ2v) is 3.11. The minimum Gasteiger partial charge on any atom is -0.495 e. The van der Waals surface area contributed by atoms with Gasteiger partial charge in [-0.3, -0.25) is 0 Å². The van der Waals surface area contributed by atoms with Gasteiger partial charge in [-0.15, -0.1) is 0 Å². The van der Waals surface area contributed by atoms with Crippen molar-refractivity contribution in [2.24, 2.45) is 0 Å². The molecule has 0 fully saturated rings. The standard InChI is InChI=1S/C8H5BrF2N2O/c1-14-5-3-13-4(2-12)7(9)6(5)8(10)11/h3,8H,1H3. The fraction of sp³-hybridized carbons (Fsp3) is 0.250. The van der Waals surface area contributed by atoms with Crippen molar-refractivity contribution in [2.45, 2.75) is 6.43 Å². The van der Waals surface area contributed by atoms with Crippen LogP contribution < -0.4 is 4.74 Å². The average Bonchev–Trinajstić information content (AvgIpc) is 2.16. The van der Waals surface area contributed by atoms with E-state index in [1.807, 2.05) is 0 Å². The van der Waals surface area contributed by atoms with E-state index in [9.17, 15) is 8.78 Å². The molecule has 1 aromatic heterocycles. The van der Waals surface area contributed by atoms with E-state index < -0.39 is 6.43 Å². The van der Waals surface area contributed by atoms with Gasteiger partial charge in [0.05, 0.1) is 23.3 Å². The molecule has 0 atom stereocenters. The fourth-order valence-electron chi connectivity index (χ4n) is 0.929. The Balaban J connectivity index is 3.41. The van der Waals surface area contributed by atoms with Crippen LogP contribution >= 0.6 is 15.9 Å². The van der Waals surface area contributed by atoms with Crippen LogP contribution in [0.2, 0.25) is 0 Å². The molecule has 0 saturated carbocycles. The molecule has 14 heavy (non-hydrogen) atoms. The van der Waals surface area contributed by atoms with Crippen molar-refractivity contribution in [1.29, 1.82) is 5.26 Å².